The lowest BCUT2D eigenvalue weighted by molar-refractivity contribution is -0.180. The molecule has 0 radical (unpaired) electrons. The molecule has 9 heteroatoms. The molecule has 0 saturated heterocycles. The lowest BCUT2D eigenvalue weighted by atomic mass is 9.34. The second-order valence-electron chi connectivity index (χ2n) is 17.0. The Bertz CT molecular complexity index is 1660. The Morgan fingerprint density at radius 1 is 1.04 bits per heavy atom. The maximum absolute atomic E-state index is 13.7. The maximum atomic E-state index is 13.7. The Labute approximate surface area is 285 Å². The molecule has 0 aliphatic heterocycles. The van der Waals surface area contributed by atoms with Gasteiger partial charge < -0.3 is 14.8 Å². The van der Waals surface area contributed by atoms with Gasteiger partial charge in [-0.25, -0.2) is 0 Å². The average molecular weight is 659 g/mol. The van der Waals surface area contributed by atoms with Gasteiger partial charge in [0.1, 0.15) is 5.69 Å². The fourth-order valence-corrected chi connectivity index (χ4v) is 10.3. The Kier molecular flexibility index (Phi) is 8.48. The third-order valence-electron chi connectivity index (χ3n) is 13.5. The van der Waals surface area contributed by atoms with Crippen LogP contribution < -0.4 is 5.32 Å². The number of hydrogen-bond acceptors (Lipinski definition) is 7. The van der Waals surface area contributed by atoms with Crippen LogP contribution in [0.5, 0.6) is 0 Å². The monoisotopic (exact) mass is 658 g/mol. The van der Waals surface area contributed by atoms with Crippen molar-refractivity contribution in [2.24, 2.45) is 38.9 Å². The SMILES string of the molecule is COC(=O)[C@]1(C)CC[C@]2(C)CC[C@]3(C)C4=CC=C5C(=CC(=O)C(OCC(=O)NCc6cn(CC(C)C)nn6)=C5C)[C@]4(C)CC[C@@]3(C)[C@@H]2C1. The quantitative estimate of drug-likeness (QED) is 0.306. The van der Waals surface area contributed by atoms with E-state index in [1.165, 1.54) is 12.7 Å². The Morgan fingerprint density at radius 3 is 2.48 bits per heavy atom. The first-order chi connectivity index (χ1) is 22.5. The van der Waals surface area contributed by atoms with Crippen LogP contribution in [-0.2, 0) is 36.9 Å². The van der Waals surface area contributed by atoms with Crippen molar-refractivity contribution in [2.75, 3.05) is 13.7 Å². The number of esters is 1. The van der Waals surface area contributed by atoms with Crippen molar-refractivity contribution >= 4 is 17.7 Å². The van der Waals surface area contributed by atoms with Crippen LogP contribution in [0.1, 0.15) is 106 Å². The minimum atomic E-state index is -0.462. The number of methoxy groups -OCH3 is 1. The summed E-state index contributed by atoms with van der Waals surface area (Å²) >= 11 is 0. The van der Waals surface area contributed by atoms with E-state index in [9.17, 15) is 14.4 Å². The summed E-state index contributed by atoms with van der Waals surface area (Å²) in [6.45, 7) is 18.7. The molecule has 1 amide bonds. The maximum Gasteiger partial charge on any atom is 0.311 e. The van der Waals surface area contributed by atoms with Gasteiger partial charge in [0, 0.05) is 17.5 Å². The number of nitrogens with zero attached hydrogens (tertiary/aromatic N) is 3. The zero-order valence-electron chi connectivity index (χ0n) is 30.4. The molecule has 0 aromatic carbocycles. The molecule has 1 N–H and O–H groups in total. The van der Waals surface area contributed by atoms with Gasteiger partial charge in [0.2, 0.25) is 5.78 Å². The van der Waals surface area contributed by atoms with Gasteiger partial charge in [-0.1, -0.05) is 64.5 Å². The van der Waals surface area contributed by atoms with Crippen LogP contribution in [0.3, 0.4) is 0 Å². The second-order valence-corrected chi connectivity index (χ2v) is 17.0. The van der Waals surface area contributed by atoms with Crippen molar-refractivity contribution < 1.29 is 23.9 Å². The molecule has 6 rings (SSSR count). The summed E-state index contributed by atoms with van der Waals surface area (Å²) in [6, 6.07) is 0. The van der Waals surface area contributed by atoms with Gasteiger partial charge >= 0.3 is 5.97 Å². The largest absolute Gasteiger partial charge is 0.479 e. The van der Waals surface area contributed by atoms with Crippen molar-refractivity contribution in [3.8, 4) is 0 Å². The van der Waals surface area contributed by atoms with Gasteiger partial charge in [-0.15, -0.1) is 5.10 Å². The number of hydrogen-bond donors (Lipinski definition) is 1. The first kappa shape index (κ1) is 34.4. The molecular formula is C39H54N4O5. The summed E-state index contributed by atoms with van der Waals surface area (Å²) in [5, 5.41) is 11.1. The van der Waals surface area contributed by atoms with Crippen LogP contribution in [0, 0.1) is 38.9 Å². The molecule has 6 atom stereocenters. The zero-order chi connectivity index (χ0) is 34.9. The molecule has 3 fully saturated rings. The minimum absolute atomic E-state index is 0.000763. The number of carbonyl (C=O) groups excluding carboxylic acids is 3. The second kappa shape index (κ2) is 11.8. The van der Waals surface area contributed by atoms with Crippen LogP contribution in [0.4, 0.5) is 0 Å². The van der Waals surface area contributed by atoms with E-state index in [4.69, 9.17) is 9.47 Å². The zero-order valence-corrected chi connectivity index (χ0v) is 30.4. The average Bonchev–Trinajstić information content (AvgIpc) is 3.48. The predicted octanol–water partition coefficient (Wildman–Crippen LogP) is 6.81. The van der Waals surface area contributed by atoms with E-state index in [0.717, 1.165) is 68.2 Å². The fourth-order valence-electron chi connectivity index (χ4n) is 10.3. The van der Waals surface area contributed by atoms with E-state index in [1.807, 2.05) is 13.1 Å². The van der Waals surface area contributed by atoms with Gasteiger partial charge in [0.25, 0.3) is 5.91 Å². The summed E-state index contributed by atoms with van der Waals surface area (Å²) < 4.78 is 13.0. The molecule has 1 heterocycles. The highest BCUT2D eigenvalue weighted by atomic mass is 16.5. The van der Waals surface area contributed by atoms with E-state index in [2.05, 4.69) is 76.2 Å². The molecule has 5 aliphatic rings. The van der Waals surface area contributed by atoms with Crippen LogP contribution in [-0.4, -0.2) is 46.4 Å². The van der Waals surface area contributed by atoms with E-state index in [-0.39, 0.29) is 58.2 Å². The van der Waals surface area contributed by atoms with E-state index < -0.39 is 5.41 Å². The van der Waals surface area contributed by atoms with Crippen molar-refractivity contribution in [2.45, 2.75) is 113 Å². The smallest absolute Gasteiger partial charge is 0.311 e. The molecule has 0 spiro atoms. The molecular weight excluding hydrogens is 604 g/mol. The molecule has 260 valence electrons. The molecule has 3 saturated carbocycles. The molecule has 1 aromatic rings. The van der Waals surface area contributed by atoms with Crippen molar-refractivity contribution in [1.82, 2.24) is 20.3 Å². The van der Waals surface area contributed by atoms with Crippen LogP contribution in [0.2, 0.25) is 0 Å². The van der Waals surface area contributed by atoms with E-state index in [0.29, 0.717) is 17.5 Å². The Hall–Kier alpha value is -3.49. The van der Waals surface area contributed by atoms with Crippen LogP contribution in [0.25, 0.3) is 0 Å². The summed E-state index contributed by atoms with van der Waals surface area (Å²) in [7, 11) is 1.52. The summed E-state index contributed by atoms with van der Waals surface area (Å²) in [6.07, 6.45) is 15.0. The summed E-state index contributed by atoms with van der Waals surface area (Å²) in [4.78, 5) is 39.4. The summed E-state index contributed by atoms with van der Waals surface area (Å²) in [5.41, 5.74) is 4.27. The number of aromatic nitrogens is 3. The highest BCUT2D eigenvalue weighted by Gasteiger charge is 2.67. The molecule has 0 bridgehead atoms. The highest BCUT2D eigenvalue weighted by Crippen LogP contribution is 2.75. The van der Waals surface area contributed by atoms with Gasteiger partial charge in [-0.05, 0) is 104 Å². The number of ketones is 1. The van der Waals surface area contributed by atoms with Gasteiger partial charge in [-0.2, -0.15) is 0 Å². The van der Waals surface area contributed by atoms with E-state index >= 15 is 0 Å². The van der Waals surface area contributed by atoms with Crippen molar-refractivity contribution in [3.05, 3.63) is 58.2 Å². The lowest BCUT2D eigenvalue weighted by Gasteiger charge is -2.70. The first-order valence-corrected chi connectivity index (χ1v) is 17.8. The molecule has 48 heavy (non-hydrogen) atoms. The lowest BCUT2D eigenvalue weighted by Crippen LogP contribution is -2.62. The minimum Gasteiger partial charge on any atom is -0.479 e. The molecule has 5 aliphatic carbocycles. The van der Waals surface area contributed by atoms with Gasteiger partial charge in [0.15, 0.2) is 12.4 Å². The Morgan fingerprint density at radius 2 is 1.77 bits per heavy atom. The van der Waals surface area contributed by atoms with Crippen molar-refractivity contribution in [1.29, 1.82) is 0 Å². The van der Waals surface area contributed by atoms with Gasteiger partial charge in [-0.3, -0.25) is 19.1 Å². The number of fused-ring (bicyclic) bond motifs is 7. The molecule has 9 nitrogen and oxygen atoms in total. The number of nitrogens with one attached hydrogen (secondary N) is 1. The third kappa shape index (κ3) is 5.30. The molecule has 1 aromatic heterocycles. The topological polar surface area (TPSA) is 112 Å². The van der Waals surface area contributed by atoms with Gasteiger partial charge in [0.05, 0.1) is 25.3 Å². The fraction of sp³-hybridized carbons (Fsp3) is 0.667. The van der Waals surface area contributed by atoms with Crippen LogP contribution >= 0.6 is 0 Å². The standard InChI is InChI=1S/C39H54N4O5/c1-24(2)21-43-22-26(41-42-43)20-40-32(45)23-48-33-25(3)27-10-11-30-37(6,28(27)18-29(33)44)15-17-39(8)31-19-36(5,34(46)47-9)13-12-35(31,4)14-16-38(30,39)7/h10-11,18,22,24,31H,12-17,19-21,23H2,1-9H3,(H,40,45)/t31-,35-,36-,37+,38-,39+/m1/s1. The number of rotatable bonds is 8. The van der Waals surface area contributed by atoms with Crippen molar-refractivity contribution in [3.63, 3.8) is 0 Å². The highest BCUT2D eigenvalue weighted by molar-refractivity contribution is 6.07. The summed E-state index contributed by atoms with van der Waals surface area (Å²) in [5.74, 6) is 0.464. The number of amides is 1. The number of allylic oxidation sites excluding steroid dienone is 7. The normalized spacial score (nSPS) is 35.8. The van der Waals surface area contributed by atoms with Crippen LogP contribution in [0.15, 0.2) is 52.5 Å². The first-order valence-electron chi connectivity index (χ1n) is 17.8. The Balaban J connectivity index is 1.22. The third-order valence-corrected chi connectivity index (χ3v) is 13.5. The predicted molar refractivity (Wildman–Crippen MR) is 183 cm³/mol. The molecule has 0 unspecified atom stereocenters. The van der Waals surface area contributed by atoms with E-state index in [1.54, 1.807) is 10.8 Å². The number of carbonyl (C=O) groups is 3. The number of ether oxygens (including phenoxy) is 2.